The molecule has 2 heterocycles. The fourth-order valence-corrected chi connectivity index (χ4v) is 2.04. The fraction of sp³-hybridized carbons (Fsp3) is 0.125. The molecule has 7 nitrogen and oxygen atoms in total. The first-order valence-electron chi connectivity index (χ1n) is 4.43. The van der Waals surface area contributed by atoms with Crippen LogP contribution in [0.15, 0.2) is 23.2 Å². The van der Waals surface area contributed by atoms with Crippen molar-refractivity contribution in [3.05, 3.63) is 23.5 Å². The van der Waals surface area contributed by atoms with Gasteiger partial charge in [-0.2, -0.15) is 9.78 Å². The van der Waals surface area contributed by atoms with Gasteiger partial charge in [0.15, 0.2) is 20.8 Å². The van der Waals surface area contributed by atoms with E-state index < -0.39 is 9.84 Å². The summed E-state index contributed by atoms with van der Waals surface area (Å²) in [6.07, 6.45) is 2.22. The standard InChI is InChI=1S/C8H8ClN5O2S/c1-17(15,16)5-4-11-14(8(5)10)7-3-2-6(9)12-13-7/h2-4H,10H2,1H3. The van der Waals surface area contributed by atoms with Gasteiger partial charge in [-0.15, -0.1) is 10.2 Å². The average Bonchev–Trinajstić information content (AvgIpc) is 2.61. The normalized spacial score (nSPS) is 11.6. The Kier molecular flexibility index (Phi) is 2.76. The highest BCUT2D eigenvalue weighted by atomic mass is 35.5. The molecule has 2 aromatic rings. The summed E-state index contributed by atoms with van der Waals surface area (Å²) in [5, 5.41) is 11.4. The molecule has 0 aliphatic heterocycles. The lowest BCUT2D eigenvalue weighted by molar-refractivity contribution is 0.602. The van der Waals surface area contributed by atoms with Crippen LogP contribution in [-0.4, -0.2) is 34.7 Å². The third-order valence-corrected chi connectivity index (χ3v) is 3.32. The second-order valence-corrected chi connectivity index (χ2v) is 5.66. The molecule has 9 heteroatoms. The first-order chi connectivity index (χ1) is 7.89. The monoisotopic (exact) mass is 273 g/mol. The van der Waals surface area contributed by atoms with Crippen molar-refractivity contribution in [3.8, 4) is 5.82 Å². The number of anilines is 1. The van der Waals surface area contributed by atoms with Crippen LogP contribution in [0.3, 0.4) is 0 Å². The molecule has 0 unspecified atom stereocenters. The lowest BCUT2D eigenvalue weighted by atomic mass is 10.5. The van der Waals surface area contributed by atoms with E-state index in [1.54, 1.807) is 0 Å². The quantitative estimate of drug-likeness (QED) is 0.844. The third kappa shape index (κ3) is 2.22. The molecule has 17 heavy (non-hydrogen) atoms. The van der Waals surface area contributed by atoms with Crippen LogP contribution < -0.4 is 5.73 Å². The zero-order valence-corrected chi connectivity index (χ0v) is 10.3. The summed E-state index contributed by atoms with van der Waals surface area (Å²) in [5.41, 5.74) is 5.68. The second-order valence-electron chi connectivity index (χ2n) is 3.29. The van der Waals surface area contributed by atoms with Crippen molar-refractivity contribution >= 4 is 27.3 Å². The minimum absolute atomic E-state index is 0.0101. The predicted molar refractivity (Wildman–Crippen MR) is 61.7 cm³/mol. The Bertz CT molecular complexity index is 649. The molecule has 0 saturated carbocycles. The SMILES string of the molecule is CS(=O)(=O)c1cnn(-c2ccc(Cl)nn2)c1N. The highest BCUT2D eigenvalue weighted by molar-refractivity contribution is 7.90. The Morgan fingerprint density at radius 3 is 2.53 bits per heavy atom. The highest BCUT2D eigenvalue weighted by Crippen LogP contribution is 2.20. The van der Waals surface area contributed by atoms with E-state index in [1.165, 1.54) is 23.0 Å². The van der Waals surface area contributed by atoms with Crippen LogP contribution in [0.5, 0.6) is 0 Å². The van der Waals surface area contributed by atoms with Crippen LogP contribution in [0.1, 0.15) is 0 Å². The largest absolute Gasteiger partial charge is 0.382 e. The van der Waals surface area contributed by atoms with Gasteiger partial charge in [0.2, 0.25) is 0 Å². The third-order valence-electron chi connectivity index (χ3n) is 2.01. The number of nitrogens with zero attached hydrogens (tertiary/aromatic N) is 4. The van der Waals surface area contributed by atoms with E-state index in [9.17, 15) is 8.42 Å². The zero-order chi connectivity index (χ0) is 12.6. The van der Waals surface area contributed by atoms with E-state index in [0.29, 0.717) is 5.82 Å². The minimum Gasteiger partial charge on any atom is -0.382 e. The van der Waals surface area contributed by atoms with Crippen molar-refractivity contribution in [2.75, 3.05) is 12.0 Å². The summed E-state index contributed by atoms with van der Waals surface area (Å²) in [6.45, 7) is 0. The molecule has 2 rings (SSSR count). The molecule has 0 fully saturated rings. The summed E-state index contributed by atoms with van der Waals surface area (Å²) < 4.78 is 23.9. The number of hydrogen-bond acceptors (Lipinski definition) is 6. The lowest BCUT2D eigenvalue weighted by Gasteiger charge is -2.02. The Morgan fingerprint density at radius 2 is 2.06 bits per heavy atom. The maximum atomic E-state index is 11.4. The summed E-state index contributed by atoms with van der Waals surface area (Å²) >= 11 is 5.59. The molecule has 0 atom stereocenters. The topological polar surface area (TPSA) is 104 Å². The predicted octanol–water partition coefficient (Wildman–Crippen LogP) is 0.301. The van der Waals surface area contributed by atoms with Gasteiger partial charge in [-0.25, -0.2) is 8.42 Å². The molecule has 0 aromatic carbocycles. The zero-order valence-electron chi connectivity index (χ0n) is 8.70. The Balaban J connectivity index is 2.55. The molecule has 0 radical (unpaired) electrons. The molecule has 0 aliphatic carbocycles. The maximum Gasteiger partial charge on any atom is 0.180 e. The van der Waals surface area contributed by atoms with Crippen LogP contribution in [0.25, 0.3) is 5.82 Å². The fourth-order valence-electron chi connectivity index (χ4n) is 1.23. The number of nitrogens with two attached hydrogens (primary N) is 1. The Hall–Kier alpha value is -1.67. The summed E-state index contributed by atoms with van der Waals surface area (Å²) in [6, 6.07) is 3.04. The van der Waals surface area contributed by atoms with Crippen molar-refractivity contribution in [3.63, 3.8) is 0 Å². The summed E-state index contributed by atoms with van der Waals surface area (Å²) in [7, 11) is -3.41. The second kappa shape index (κ2) is 3.97. The Morgan fingerprint density at radius 1 is 1.35 bits per heavy atom. The van der Waals surface area contributed by atoms with Gasteiger partial charge in [0, 0.05) is 6.26 Å². The number of nitrogen functional groups attached to an aromatic ring is 1. The molecule has 0 spiro atoms. The highest BCUT2D eigenvalue weighted by Gasteiger charge is 2.18. The smallest absolute Gasteiger partial charge is 0.180 e. The summed E-state index contributed by atoms with van der Waals surface area (Å²) in [5.74, 6) is 0.283. The van der Waals surface area contributed by atoms with Gasteiger partial charge in [0.1, 0.15) is 10.7 Å². The molecule has 90 valence electrons. The van der Waals surface area contributed by atoms with Gasteiger partial charge >= 0.3 is 0 Å². The van der Waals surface area contributed by atoms with E-state index in [-0.39, 0.29) is 15.9 Å². The van der Waals surface area contributed by atoms with Gasteiger partial charge < -0.3 is 5.73 Å². The van der Waals surface area contributed by atoms with Crippen LogP contribution >= 0.6 is 11.6 Å². The first kappa shape index (κ1) is 11.8. The van der Waals surface area contributed by atoms with Gasteiger partial charge in [0.05, 0.1) is 6.20 Å². The average molecular weight is 274 g/mol. The van der Waals surface area contributed by atoms with Crippen molar-refractivity contribution in [1.82, 2.24) is 20.0 Å². The molecule has 2 N–H and O–H groups in total. The van der Waals surface area contributed by atoms with E-state index in [2.05, 4.69) is 15.3 Å². The van der Waals surface area contributed by atoms with Gasteiger partial charge in [-0.3, -0.25) is 0 Å². The van der Waals surface area contributed by atoms with E-state index in [0.717, 1.165) is 6.26 Å². The molecular formula is C8H8ClN5O2S. The molecule has 0 aliphatic rings. The number of halogens is 1. The van der Waals surface area contributed by atoms with E-state index in [1.807, 2.05) is 0 Å². The van der Waals surface area contributed by atoms with Crippen molar-refractivity contribution in [2.45, 2.75) is 4.90 Å². The van der Waals surface area contributed by atoms with Gasteiger partial charge in [-0.1, -0.05) is 11.6 Å². The van der Waals surface area contributed by atoms with E-state index in [4.69, 9.17) is 17.3 Å². The number of hydrogen-bond donors (Lipinski definition) is 1. The van der Waals surface area contributed by atoms with Crippen LogP contribution in [0.2, 0.25) is 5.15 Å². The lowest BCUT2D eigenvalue weighted by Crippen LogP contribution is -2.07. The van der Waals surface area contributed by atoms with Crippen LogP contribution in [0, 0.1) is 0 Å². The first-order valence-corrected chi connectivity index (χ1v) is 6.69. The summed E-state index contributed by atoms with van der Waals surface area (Å²) in [4.78, 5) is -0.0470. The van der Waals surface area contributed by atoms with Gasteiger partial charge in [-0.05, 0) is 12.1 Å². The number of aromatic nitrogens is 4. The molecular weight excluding hydrogens is 266 g/mol. The van der Waals surface area contributed by atoms with Crippen LogP contribution in [0.4, 0.5) is 5.82 Å². The minimum atomic E-state index is -3.41. The van der Waals surface area contributed by atoms with E-state index >= 15 is 0 Å². The number of sulfone groups is 1. The number of rotatable bonds is 2. The maximum absolute atomic E-state index is 11.4. The molecule has 0 bridgehead atoms. The Labute approximate surface area is 102 Å². The van der Waals surface area contributed by atoms with Crippen molar-refractivity contribution < 1.29 is 8.42 Å². The van der Waals surface area contributed by atoms with Crippen molar-refractivity contribution in [1.29, 1.82) is 0 Å². The molecule has 2 aromatic heterocycles. The molecule has 0 amide bonds. The molecule has 0 saturated heterocycles. The van der Waals surface area contributed by atoms with Gasteiger partial charge in [0.25, 0.3) is 0 Å². The van der Waals surface area contributed by atoms with Crippen LogP contribution in [-0.2, 0) is 9.84 Å². The van der Waals surface area contributed by atoms with Crippen molar-refractivity contribution in [2.24, 2.45) is 0 Å².